The quantitative estimate of drug-likeness (QED) is 0.0592. The molecule has 12 atom stereocenters. The highest BCUT2D eigenvalue weighted by Gasteiger charge is 2.43. The molecule has 1 N–H and O–H groups in total. The van der Waals surface area contributed by atoms with E-state index in [1.807, 2.05) is 7.11 Å². The first-order chi connectivity index (χ1) is 25.6. The van der Waals surface area contributed by atoms with Crippen molar-refractivity contribution in [1.82, 2.24) is 0 Å². The molecule has 0 amide bonds. The van der Waals surface area contributed by atoms with Gasteiger partial charge in [0, 0.05) is 66.0 Å². The fourth-order valence-corrected chi connectivity index (χ4v) is 8.10. The number of hydrogen-bond donors (Lipinski definition) is 1. The predicted octanol–water partition coefficient (Wildman–Crippen LogP) is 9.42. The van der Waals surface area contributed by atoms with E-state index in [0.717, 1.165) is 32.1 Å². The van der Waals surface area contributed by atoms with E-state index in [2.05, 4.69) is 48.1 Å². The van der Waals surface area contributed by atoms with Gasteiger partial charge in [0.2, 0.25) is 0 Å². The van der Waals surface area contributed by atoms with Gasteiger partial charge in [-0.2, -0.15) is 0 Å². The highest BCUT2D eigenvalue weighted by Crippen LogP contribution is 2.37. The molecule has 1 aliphatic heterocycles. The van der Waals surface area contributed by atoms with Crippen LogP contribution in [0.15, 0.2) is 12.7 Å². The number of aliphatic hydroxyl groups excluding tert-OH is 1. The van der Waals surface area contributed by atoms with E-state index in [1.54, 1.807) is 27.4 Å². The largest absolute Gasteiger partial charge is 0.393 e. The zero-order valence-electron chi connectivity index (χ0n) is 36.1. The van der Waals surface area contributed by atoms with Crippen molar-refractivity contribution in [2.75, 3.05) is 61.5 Å². The Balaban J connectivity index is 0.000000533. The summed E-state index contributed by atoms with van der Waals surface area (Å²) in [5, 5.41) is 10.3. The van der Waals surface area contributed by atoms with Gasteiger partial charge in [-0.3, -0.25) is 0 Å². The molecule has 1 heterocycles. The second-order valence-electron chi connectivity index (χ2n) is 15.9. The molecular weight excluding hydrogens is 672 g/mol. The fourth-order valence-electron chi connectivity index (χ4n) is 8.10. The molecule has 53 heavy (non-hydrogen) atoms. The SMILES string of the molecule is C=CCOC1OC(COC)C(C)C(OCCC(CCCCCCC)OC)C1C.CCCCCCCC(CCOC1C(C)C(O)CC(COC)C1C)OC. The topological polar surface area (TPSA) is 94.1 Å². The molecule has 2 fully saturated rings. The molecular formula is C44H86O9. The summed E-state index contributed by atoms with van der Waals surface area (Å²) in [6, 6.07) is 0. The first-order valence-electron chi connectivity index (χ1n) is 21.5. The minimum atomic E-state index is -0.295. The lowest BCUT2D eigenvalue weighted by Crippen LogP contribution is -2.52. The highest BCUT2D eigenvalue weighted by molar-refractivity contribution is 4.90. The monoisotopic (exact) mass is 759 g/mol. The smallest absolute Gasteiger partial charge is 0.163 e. The zero-order chi connectivity index (χ0) is 39.4. The maximum Gasteiger partial charge on any atom is 0.163 e. The van der Waals surface area contributed by atoms with Gasteiger partial charge in [0.05, 0.1) is 49.8 Å². The van der Waals surface area contributed by atoms with Gasteiger partial charge in [0.15, 0.2) is 6.29 Å². The molecule has 0 aromatic rings. The van der Waals surface area contributed by atoms with E-state index < -0.39 is 0 Å². The van der Waals surface area contributed by atoms with E-state index in [4.69, 9.17) is 37.9 Å². The Morgan fingerprint density at radius 2 is 1.15 bits per heavy atom. The Bertz CT molecular complexity index is 846. The Kier molecular flexibility index (Phi) is 29.9. The molecule has 0 spiro atoms. The lowest BCUT2D eigenvalue weighted by atomic mass is 9.72. The summed E-state index contributed by atoms with van der Waals surface area (Å²) in [5.74, 6) is 1.36. The van der Waals surface area contributed by atoms with Gasteiger partial charge in [-0.05, 0) is 43.9 Å². The first kappa shape index (κ1) is 50.4. The molecule has 12 unspecified atom stereocenters. The van der Waals surface area contributed by atoms with Gasteiger partial charge in [-0.25, -0.2) is 0 Å². The van der Waals surface area contributed by atoms with E-state index >= 15 is 0 Å². The van der Waals surface area contributed by atoms with E-state index in [0.29, 0.717) is 44.9 Å². The molecule has 1 aliphatic carbocycles. The lowest BCUT2D eigenvalue weighted by Gasteiger charge is -2.44. The molecule has 0 radical (unpaired) electrons. The van der Waals surface area contributed by atoms with Crippen molar-refractivity contribution in [2.45, 2.75) is 181 Å². The Labute approximate surface area is 326 Å². The number of methoxy groups -OCH3 is 4. The summed E-state index contributed by atoms with van der Waals surface area (Å²) in [6.07, 6.45) is 19.7. The summed E-state index contributed by atoms with van der Waals surface area (Å²) >= 11 is 0. The van der Waals surface area contributed by atoms with Crippen molar-refractivity contribution in [3.05, 3.63) is 12.7 Å². The molecule has 2 rings (SSSR count). The normalized spacial score (nSPS) is 30.0. The van der Waals surface area contributed by atoms with Crippen LogP contribution < -0.4 is 0 Å². The minimum absolute atomic E-state index is 0.0298. The third-order valence-electron chi connectivity index (χ3n) is 11.8. The van der Waals surface area contributed by atoms with Gasteiger partial charge in [0.1, 0.15) is 0 Å². The summed E-state index contributed by atoms with van der Waals surface area (Å²) in [5.41, 5.74) is 0. The third kappa shape index (κ3) is 19.9. The summed E-state index contributed by atoms with van der Waals surface area (Å²) < 4.78 is 46.5. The third-order valence-corrected chi connectivity index (χ3v) is 11.8. The summed E-state index contributed by atoms with van der Waals surface area (Å²) in [7, 11) is 7.05. The molecule has 316 valence electrons. The molecule has 9 heteroatoms. The van der Waals surface area contributed by atoms with Crippen LogP contribution in [0.2, 0.25) is 0 Å². The van der Waals surface area contributed by atoms with Crippen LogP contribution in [0.5, 0.6) is 0 Å². The van der Waals surface area contributed by atoms with Crippen molar-refractivity contribution in [1.29, 1.82) is 0 Å². The first-order valence-corrected chi connectivity index (χ1v) is 21.5. The second-order valence-corrected chi connectivity index (χ2v) is 15.9. The van der Waals surface area contributed by atoms with Crippen molar-refractivity contribution >= 4 is 0 Å². The van der Waals surface area contributed by atoms with Gasteiger partial charge in [-0.1, -0.05) is 112 Å². The summed E-state index contributed by atoms with van der Waals surface area (Å²) in [4.78, 5) is 0. The van der Waals surface area contributed by atoms with Gasteiger partial charge in [-0.15, -0.1) is 6.58 Å². The maximum atomic E-state index is 10.3. The van der Waals surface area contributed by atoms with Crippen LogP contribution >= 0.6 is 0 Å². The van der Waals surface area contributed by atoms with Crippen LogP contribution in [0, 0.1) is 29.6 Å². The van der Waals surface area contributed by atoms with Crippen LogP contribution in [0.3, 0.4) is 0 Å². The van der Waals surface area contributed by atoms with Crippen LogP contribution in [-0.2, 0) is 37.9 Å². The lowest BCUT2D eigenvalue weighted by molar-refractivity contribution is -0.272. The molecule has 1 saturated heterocycles. The van der Waals surface area contributed by atoms with Crippen molar-refractivity contribution in [2.24, 2.45) is 29.6 Å². The molecule has 0 aromatic heterocycles. The van der Waals surface area contributed by atoms with Crippen LogP contribution in [-0.4, -0.2) is 109 Å². The molecule has 1 saturated carbocycles. The van der Waals surface area contributed by atoms with Crippen molar-refractivity contribution in [3.8, 4) is 0 Å². The number of aliphatic hydroxyl groups is 1. The van der Waals surface area contributed by atoms with Crippen LogP contribution in [0.25, 0.3) is 0 Å². The molecule has 0 aromatic carbocycles. The van der Waals surface area contributed by atoms with Crippen molar-refractivity contribution in [3.63, 3.8) is 0 Å². The highest BCUT2D eigenvalue weighted by atomic mass is 16.7. The van der Waals surface area contributed by atoms with Gasteiger partial charge < -0.3 is 43.0 Å². The molecule has 2 aliphatic rings. The van der Waals surface area contributed by atoms with Crippen molar-refractivity contribution < 1.29 is 43.0 Å². The average molecular weight is 759 g/mol. The van der Waals surface area contributed by atoms with Gasteiger partial charge in [0.25, 0.3) is 0 Å². The molecule has 0 bridgehead atoms. The molecule has 9 nitrogen and oxygen atoms in total. The van der Waals surface area contributed by atoms with E-state index in [9.17, 15) is 5.11 Å². The Morgan fingerprint density at radius 3 is 1.62 bits per heavy atom. The second kappa shape index (κ2) is 31.5. The summed E-state index contributed by atoms with van der Waals surface area (Å²) in [6.45, 7) is 20.0. The Hall–Kier alpha value is -0.620. The average Bonchev–Trinajstić information content (AvgIpc) is 3.15. The zero-order valence-corrected chi connectivity index (χ0v) is 36.1. The van der Waals surface area contributed by atoms with Gasteiger partial charge >= 0.3 is 0 Å². The van der Waals surface area contributed by atoms with Crippen LogP contribution in [0.4, 0.5) is 0 Å². The number of ether oxygens (including phenoxy) is 8. The Morgan fingerprint density at radius 1 is 0.642 bits per heavy atom. The number of unbranched alkanes of at least 4 members (excludes halogenated alkanes) is 8. The fraction of sp³-hybridized carbons (Fsp3) is 0.955. The number of hydrogen-bond acceptors (Lipinski definition) is 9. The standard InChI is InChI=1S/C23H44O5.C21H42O4/c1-7-9-10-11-12-13-20(25-6)14-16-26-22-18(3)21(17-24-5)28-23(19(22)4)27-15-8-2;1-6-7-8-9-10-11-19(24-5)12-13-25-21-16(2)18(15-23-4)14-20(22)17(21)3/h8,18-23H,2,7,9-17H2,1,3-6H3;16-22H,6-15H2,1-5H3. The number of rotatable bonds is 29. The van der Waals surface area contributed by atoms with Crippen LogP contribution in [0.1, 0.15) is 138 Å². The minimum Gasteiger partial charge on any atom is -0.393 e. The predicted molar refractivity (Wildman–Crippen MR) is 216 cm³/mol. The van der Waals surface area contributed by atoms with E-state index in [-0.39, 0.29) is 60.7 Å². The van der Waals surface area contributed by atoms with E-state index in [1.165, 1.54) is 64.2 Å². The maximum absolute atomic E-state index is 10.3.